The smallest absolute Gasteiger partial charge is 0.267 e. The quantitative estimate of drug-likeness (QED) is 0.590. The van der Waals surface area contributed by atoms with Crippen LogP contribution < -0.4 is 5.32 Å². The lowest BCUT2D eigenvalue weighted by Gasteiger charge is -2.25. The van der Waals surface area contributed by atoms with Crippen molar-refractivity contribution in [3.05, 3.63) is 76.5 Å². The van der Waals surface area contributed by atoms with E-state index < -0.39 is 0 Å². The molecule has 1 N–H and O–H groups in total. The molecule has 140 valence electrons. The van der Waals surface area contributed by atoms with Crippen molar-refractivity contribution in [2.24, 2.45) is 0 Å². The van der Waals surface area contributed by atoms with E-state index in [2.05, 4.69) is 11.4 Å². The van der Waals surface area contributed by atoms with Crippen molar-refractivity contribution in [3.8, 4) is 6.07 Å². The summed E-state index contributed by atoms with van der Waals surface area (Å²) in [5.41, 5.74) is 5.12. The van der Waals surface area contributed by atoms with Gasteiger partial charge in [0.15, 0.2) is 0 Å². The van der Waals surface area contributed by atoms with Crippen LogP contribution in [0.1, 0.15) is 36.1 Å². The van der Waals surface area contributed by atoms with Gasteiger partial charge in [-0.1, -0.05) is 48.0 Å². The molecule has 0 fully saturated rings. The van der Waals surface area contributed by atoms with E-state index in [1.54, 1.807) is 6.20 Å². The van der Waals surface area contributed by atoms with Crippen LogP contribution in [0.5, 0.6) is 0 Å². The molecule has 0 aromatic heterocycles. The number of hydrogen-bond acceptors (Lipinski definition) is 3. The molecular weight excluding hydrogens is 334 g/mol. The van der Waals surface area contributed by atoms with Crippen LogP contribution in [0.4, 0.5) is 5.69 Å². The number of rotatable bonds is 6. The molecule has 0 heterocycles. The Morgan fingerprint density at radius 3 is 2.26 bits per heavy atom. The minimum absolute atomic E-state index is 0.0963. The Labute approximate surface area is 162 Å². The van der Waals surface area contributed by atoms with E-state index in [1.807, 2.05) is 82.0 Å². The number of carbonyl (C=O) groups is 1. The number of carbonyl (C=O) groups excluding carboxylic acids is 1. The van der Waals surface area contributed by atoms with E-state index in [0.29, 0.717) is 6.54 Å². The molecule has 4 nitrogen and oxygen atoms in total. The van der Waals surface area contributed by atoms with Crippen LogP contribution in [0.15, 0.2) is 54.2 Å². The molecule has 27 heavy (non-hydrogen) atoms. The second-order valence-corrected chi connectivity index (χ2v) is 7.13. The fourth-order valence-electron chi connectivity index (χ4n) is 3.03. The standard InChI is InChI=1S/C23H27N3O/c1-16(2)26(14-20-9-7-6-8-10-20)15-21(13-24)23(27)25-22-18(4)11-17(3)12-19(22)5/h6-12,15-16H,14H2,1-5H3,(H,25,27)/b21-15-. The minimum atomic E-state index is -0.383. The van der Waals surface area contributed by atoms with Gasteiger partial charge in [-0.25, -0.2) is 0 Å². The van der Waals surface area contributed by atoms with Crippen LogP contribution in [-0.2, 0) is 11.3 Å². The molecule has 0 radical (unpaired) electrons. The first-order valence-electron chi connectivity index (χ1n) is 9.12. The SMILES string of the molecule is Cc1cc(C)c(NC(=O)/C(C#N)=C\N(Cc2ccccc2)C(C)C)c(C)c1. The number of nitrogens with one attached hydrogen (secondary N) is 1. The maximum Gasteiger partial charge on any atom is 0.267 e. The Balaban J connectivity index is 2.25. The molecule has 1 amide bonds. The summed E-state index contributed by atoms with van der Waals surface area (Å²) < 4.78 is 0. The van der Waals surface area contributed by atoms with Gasteiger partial charge in [0.05, 0.1) is 0 Å². The number of benzene rings is 2. The van der Waals surface area contributed by atoms with Gasteiger partial charge in [0, 0.05) is 24.5 Å². The number of aryl methyl sites for hydroxylation is 3. The molecule has 2 aromatic carbocycles. The third-order valence-corrected chi connectivity index (χ3v) is 4.45. The fourth-order valence-corrected chi connectivity index (χ4v) is 3.03. The van der Waals surface area contributed by atoms with Gasteiger partial charge in [0.25, 0.3) is 5.91 Å². The van der Waals surface area contributed by atoms with E-state index in [1.165, 1.54) is 0 Å². The van der Waals surface area contributed by atoms with Gasteiger partial charge >= 0.3 is 0 Å². The van der Waals surface area contributed by atoms with Crippen LogP contribution in [-0.4, -0.2) is 16.8 Å². The summed E-state index contributed by atoms with van der Waals surface area (Å²) in [5.74, 6) is -0.383. The monoisotopic (exact) mass is 361 g/mol. The van der Waals surface area contributed by atoms with Crippen molar-refractivity contribution >= 4 is 11.6 Å². The summed E-state index contributed by atoms with van der Waals surface area (Å²) in [7, 11) is 0. The zero-order valence-electron chi connectivity index (χ0n) is 16.7. The molecule has 0 bridgehead atoms. The van der Waals surface area contributed by atoms with Crippen molar-refractivity contribution in [2.75, 3.05) is 5.32 Å². The van der Waals surface area contributed by atoms with Crippen LogP contribution in [0.3, 0.4) is 0 Å². The second-order valence-electron chi connectivity index (χ2n) is 7.13. The number of anilines is 1. The molecule has 0 unspecified atom stereocenters. The molecule has 0 spiro atoms. The van der Waals surface area contributed by atoms with E-state index in [0.717, 1.165) is 27.9 Å². The highest BCUT2D eigenvalue weighted by Crippen LogP contribution is 2.22. The zero-order valence-corrected chi connectivity index (χ0v) is 16.7. The summed E-state index contributed by atoms with van der Waals surface area (Å²) in [4.78, 5) is 14.7. The van der Waals surface area contributed by atoms with Crippen molar-refractivity contribution in [3.63, 3.8) is 0 Å². The van der Waals surface area contributed by atoms with Gasteiger partial charge in [0.2, 0.25) is 0 Å². The molecule has 0 aliphatic rings. The first-order valence-corrected chi connectivity index (χ1v) is 9.12. The molecule has 2 aromatic rings. The normalized spacial score (nSPS) is 11.2. The molecule has 0 saturated heterocycles. The lowest BCUT2D eigenvalue weighted by Crippen LogP contribution is -2.27. The van der Waals surface area contributed by atoms with Gasteiger partial charge < -0.3 is 10.2 Å². The molecule has 4 heteroatoms. The van der Waals surface area contributed by atoms with Crippen molar-refractivity contribution in [1.82, 2.24) is 4.90 Å². The Bertz CT molecular complexity index is 853. The maximum absolute atomic E-state index is 12.7. The minimum Gasteiger partial charge on any atom is -0.369 e. The maximum atomic E-state index is 12.7. The first-order chi connectivity index (χ1) is 12.8. The Morgan fingerprint density at radius 1 is 1.15 bits per heavy atom. The second kappa shape index (κ2) is 9.05. The van der Waals surface area contributed by atoms with Gasteiger partial charge in [-0.15, -0.1) is 0 Å². The van der Waals surface area contributed by atoms with Crippen LogP contribution >= 0.6 is 0 Å². The van der Waals surface area contributed by atoms with Crippen molar-refractivity contribution in [1.29, 1.82) is 5.26 Å². The summed E-state index contributed by atoms with van der Waals surface area (Å²) in [6.45, 7) is 10.7. The number of hydrogen-bond donors (Lipinski definition) is 1. The lowest BCUT2D eigenvalue weighted by atomic mass is 10.0. The Hall–Kier alpha value is -3.06. The largest absolute Gasteiger partial charge is 0.369 e. The van der Waals surface area contributed by atoms with Crippen molar-refractivity contribution < 1.29 is 4.79 Å². The molecule has 0 aliphatic carbocycles. The summed E-state index contributed by atoms with van der Waals surface area (Å²) in [6.07, 6.45) is 1.66. The average Bonchev–Trinajstić information content (AvgIpc) is 2.62. The van der Waals surface area contributed by atoms with Crippen molar-refractivity contribution in [2.45, 2.75) is 47.2 Å². The molecule has 2 rings (SSSR count). The molecule has 0 aliphatic heterocycles. The van der Waals surface area contributed by atoms with E-state index >= 15 is 0 Å². The first kappa shape index (κ1) is 20.3. The highest BCUT2D eigenvalue weighted by atomic mass is 16.1. The van der Waals surface area contributed by atoms with Gasteiger partial charge in [-0.3, -0.25) is 4.79 Å². The topological polar surface area (TPSA) is 56.1 Å². The van der Waals surface area contributed by atoms with Crippen LogP contribution in [0.2, 0.25) is 0 Å². The molecular formula is C23H27N3O. The molecule has 0 saturated carbocycles. The van der Waals surface area contributed by atoms with Gasteiger partial charge in [0.1, 0.15) is 11.6 Å². The predicted octanol–water partition coefficient (Wildman–Crippen LogP) is 4.87. The summed E-state index contributed by atoms with van der Waals surface area (Å²) in [5, 5.41) is 12.5. The Kier molecular flexibility index (Phi) is 6.79. The van der Waals surface area contributed by atoms with Crippen LogP contribution in [0, 0.1) is 32.1 Å². The lowest BCUT2D eigenvalue weighted by molar-refractivity contribution is -0.112. The highest BCUT2D eigenvalue weighted by molar-refractivity contribution is 6.07. The number of nitriles is 1. The average molecular weight is 361 g/mol. The van der Waals surface area contributed by atoms with E-state index in [9.17, 15) is 10.1 Å². The predicted molar refractivity (Wildman–Crippen MR) is 110 cm³/mol. The number of nitrogens with zero attached hydrogens (tertiary/aromatic N) is 2. The fraction of sp³-hybridized carbons (Fsp3) is 0.304. The van der Waals surface area contributed by atoms with E-state index in [-0.39, 0.29) is 17.5 Å². The van der Waals surface area contributed by atoms with Gasteiger partial charge in [-0.2, -0.15) is 5.26 Å². The van der Waals surface area contributed by atoms with Crippen LogP contribution in [0.25, 0.3) is 0 Å². The summed E-state index contributed by atoms with van der Waals surface area (Å²) >= 11 is 0. The van der Waals surface area contributed by atoms with Gasteiger partial charge in [-0.05, 0) is 51.3 Å². The highest BCUT2D eigenvalue weighted by Gasteiger charge is 2.16. The van der Waals surface area contributed by atoms with E-state index in [4.69, 9.17) is 0 Å². The third-order valence-electron chi connectivity index (χ3n) is 4.45. The number of amides is 1. The molecule has 0 atom stereocenters. The third kappa shape index (κ3) is 5.46. The zero-order chi connectivity index (χ0) is 20.0. The summed E-state index contributed by atoms with van der Waals surface area (Å²) in [6, 6.07) is 16.3. The Morgan fingerprint density at radius 2 is 1.74 bits per heavy atom.